The van der Waals surface area contributed by atoms with Gasteiger partial charge in [0, 0.05) is 42.8 Å². The van der Waals surface area contributed by atoms with Gasteiger partial charge in [0.1, 0.15) is 12.1 Å². The number of amides is 1. The number of aldehydes is 1. The van der Waals surface area contributed by atoms with Gasteiger partial charge in [-0.05, 0) is 68.0 Å². The Balaban J connectivity index is 1.17. The number of likely N-dealkylation sites (tertiary alicyclic amines) is 2. The van der Waals surface area contributed by atoms with Gasteiger partial charge in [-0.2, -0.15) is 0 Å². The molecule has 1 amide bonds. The fraction of sp³-hybridized carbons (Fsp3) is 0.500. The lowest BCUT2D eigenvalue weighted by molar-refractivity contribution is -0.136. The van der Waals surface area contributed by atoms with Gasteiger partial charge in [0.2, 0.25) is 5.91 Å². The monoisotopic (exact) mass is 466 g/mol. The van der Waals surface area contributed by atoms with Crippen molar-refractivity contribution in [1.29, 1.82) is 0 Å². The van der Waals surface area contributed by atoms with Crippen molar-refractivity contribution in [2.45, 2.75) is 44.1 Å². The molecule has 0 aliphatic carbocycles. The minimum Gasteiger partial charge on any atom is -0.370 e. The van der Waals surface area contributed by atoms with Crippen LogP contribution in [0.25, 0.3) is 0 Å². The Hall–Kier alpha value is -2.44. The molecule has 0 unspecified atom stereocenters. The van der Waals surface area contributed by atoms with Crippen LogP contribution in [-0.4, -0.2) is 59.7 Å². The van der Waals surface area contributed by atoms with Crippen molar-refractivity contribution >= 4 is 29.6 Å². The molecule has 33 heavy (non-hydrogen) atoms. The van der Waals surface area contributed by atoms with E-state index in [0.29, 0.717) is 17.5 Å². The Bertz CT molecular complexity index is 1000. The van der Waals surface area contributed by atoms with E-state index < -0.39 is 0 Å². The predicted octanol–water partition coefficient (Wildman–Crippen LogP) is 4.06. The molecule has 6 nitrogen and oxygen atoms in total. The molecule has 2 aromatic rings. The van der Waals surface area contributed by atoms with Crippen molar-refractivity contribution in [2.75, 3.05) is 38.0 Å². The van der Waals surface area contributed by atoms with E-state index in [1.165, 1.54) is 12.0 Å². The van der Waals surface area contributed by atoms with E-state index in [0.717, 1.165) is 75.2 Å². The van der Waals surface area contributed by atoms with Crippen LogP contribution < -0.4 is 5.32 Å². The molecule has 7 heteroatoms. The number of halogens is 1. The largest absolute Gasteiger partial charge is 0.370 e. The lowest BCUT2D eigenvalue weighted by atomic mass is 9.91. The minimum atomic E-state index is -0.325. The van der Waals surface area contributed by atoms with E-state index >= 15 is 0 Å². The van der Waals surface area contributed by atoms with E-state index in [4.69, 9.17) is 16.6 Å². The number of hydrogen-bond donors (Lipinski definition) is 1. The van der Waals surface area contributed by atoms with Crippen LogP contribution in [0.1, 0.15) is 54.5 Å². The van der Waals surface area contributed by atoms with Gasteiger partial charge in [-0.25, -0.2) is 4.98 Å². The first-order valence-corrected chi connectivity index (χ1v) is 12.5. The number of fused-ring (bicyclic) bond motifs is 1. The van der Waals surface area contributed by atoms with Gasteiger partial charge in [-0.3, -0.25) is 9.69 Å². The summed E-state index contributed by atoms with van der Waals surface area (Å²) in [7, 11) is 0. The van der Waals surface area contributed by atoms with Crippen LogP contribution in [0.3, 0.4) is 0 Å². The normalized spacial score (nSPS) is 22.5. The second kappa shape index (κ2) is 9.82. The molecule has 0 radical (unpaired) electrons. The number of nitrogens with zero attached hydrogens (tertiary/aromatic N) is 3. The molecule has 2 saturated heterocycles. The summed E-state index contributed by atoms with van der Waals surface area (Å²) in [6, 6.07) is 11.5. The number of rotatable bonds is 5. The highest BCUT2D eigenvalue weighted by Crippen LogP contribution is 2.32. The zero-order valence-corrected chi connectivity index (χ0v) is 19.6. The Labute approximate surface area is 200 Å². The van der Waals surface area contributed by atoms with Crippen LogP contribution in [-0.2, 0) is 16.0 Å². The van der Waals surface area contributed by atoms with Gasteiger partial charge in [-0.1, -0.05) is 29.8 Å². The molecule has 3 aliphatic rings. The maximum atomic E-state index is 13.2. The van der Waals surface area contributed by atoms with Crippen LogP contribution in [0.4, 0.5) is 5.82 Å². The summed E-state index contributed by atoms with van der Waals surface area (Å²) in [5, 5.41) is 4.08. The minimum absolute atomic E-state index is 0.0395. The van der Waals surface area contributed by atoms with Gasteiger partial charge >= 0.3 is 0 Å². The number of benzene rings is 1. The van der Waals surface area contributed by atoms with Gasteiger partial charge in [0.15, 0.2) is 0 Å². The van der Waals surface area contributed by atoms with Crippen molar-refractivity contribution in [3.8, 4) is 0 Å². The van der Waals surface area contributed by atoms with Crippen LogP contribution >= 0.6 is 11.6 Å². The lowest BCUT2D eigenvalue weighted by Gasteiger charge is -2.34. The van der Waals surface area contributed by atoms with Gasteiger partial charge in [0.05, 0.1) is 12.0 Å². The molecule has 1 aromatic carbocycles. The first-order valence-electron chi connectivity index (χ1n) is 12.1. The molecule has 1 aromatic heterocycles. The average molecular weight is 467 g/mol. The molecule has 0 saturated carbocycles. The molecule has 2 fully saturated rings. The topological polar surface area (TPSA) is 65.5 Å². The van der Waals surface area contributed by atoms with Crippen molar-refractivity contribution in [2.24, 2.45) is 5.92 Å². The van der Waals surface area contributed by atoms with Crippen LogP contribution in [0, 0.1) is 5.92 Å². The van der Waals surface area contributed by atoms with E-state index in [1.54, 1.807) is 0 Å². The fourth-order valence-corrected chi connectivity index (χ4v) is 5.63. The number of carbonyl (C=O) groups is 2. The first kappa shape index (κ1) is 22.4. The highest BCUT2D eigenvalue weighted by atomic mass is 35.5. The van der Waals surface area contributed by atoms with Gasteiger partial charge < -0.3 is 15.0 Å². The molecule has 1 N–H and O–H groups in total. The summed E-state index contributed by atoms with van der Waals surface area (Å²) in [6.45, 7) is 3.94. The van der Waals surface area contributed by atoms with Crippen molar-refractivity contribution in [1.82, 2.24) is 14.8 Å². The number of piperidine rings is 1. The molecule has 5 rings (SSSR count). The Morgan fingerprint density at radius 1 is 1.09 bits per heavy atom. The van der Waals surface area contributed by atoms with Crippen LogP contribution in [0.15, 0.2) is 36.4 Å². The number of nitrogens with one attached hydrogen (secondary N) is 1. The second-order valence-corrected chi connectivity index (χ2v) is 9.92. The Morgan fingerprint density at radius 3 is 2.64 bits per heavy atom. The highest BCUT2D eigenvalue weighted by molar-refractivity contribution is 6.30. The smallest absolute Gasteiger partial charge is 0.227 e. The van der Waals surface area contributed by atoms with E-state index in [1.807, 2.05) is 29.2 Å². The fourth-order valence-electron chi connectivity index (χ4n) is 5.50. The van der Waals surface area contributed by atoms with Gasteiger partial charge in [-0.15, -0.1) is 0 Å². The number of hydrogen-bond acceptors (Lipinski definition) is 5. The van der Waals surface area contributed by atoms with E-state index in [2.05, 4.69) is 22.3 Å². The molecule has 0 spiro atoms. The van der Waals surface area contributed by atoms with Crippen molar-refractivity contribution in [3.63, 3.8) is 0 Å². The summed E-state index contributed by atoms with van der Waals surface area (Å²) in [5.41, 5.74) is 3.39. The summed E-state index contributed by atoms with van der Waals surface area (Å²) in [6.07, 6.45) is 5.95. The summed E-state index contributed by atoms with van der Waals surface area (Å²) >= 11 is 5.99. The van der Waals surface area contributed by atoms with Gasteiger partial charge in [0.25, 0.3) is 0 Å². The standard InChI is InChI=1S/C26H31ClN4O2/c27-22-6-3-19(4-7-22)24(17-32)31-15-11-21(16-31)26(33)30-13-9-18(10-14-30)23-8-5-20-2-1-12-28-25(20)29-23/h3-8,17-18,21,24H,1-2,9-16H2,(H,28,29)/t21-,24-/m1/s1. The molecule has 4 heterocycles. The number of aryl methyl sites for hydroxylation is 1. The third-order valence-corrected chi connectivity index (χ3v) is 7.70. The van der Waals surface area contributed by atoms with E-state index in [-0.39, 0.29) is 17.9 Å². The Morgan fingerprint density at radius 2 is 1.88 bits per heavy atom. The maximum absolute atomic E-state index is 13.2. The number of aromatic nitrogens is 1. The predicted molar refractivity (Wildman–Crippen MR) is 130 cm³/mol. The number of anilines is 1. The quantitative estimate of drug-likeness (QED) is 0.673. The summed E-state index contributed by atoms with van der Waals surface area (Å²) < 4.78 is 0. The zero-order valence-electron chi connectivity index (χ0n) is 18.9. The average Bonchev–Trinajstić information content (AvgIpc) is 3.35. The second-order valence-electron chi connectivity index (χ2n) is 9.49. The summed E-state index contributed by atoms with van der Waals surface area (Å²) in [4.78, 5) is 34.1. The molecule has 174 valence electrons. The van der Waals surface area contributed by atoms with Crippen molar-refractivity contribution < 1.29 is 9.59 Å². The van der Waals surface area contributed by atoms with Crippen LogP contribution in [0.5, 0.6) is 0 Å². The number of carbonyl (C=O) groups excluding carboxylic acids is 2. The lowest BCUT2D eigenvalue weighted by Crippen LogP contribution is -2.42. The van der Waals surface area contributed by atoms with E-state index in [9.17, 15) is 9.59 Å². The summed E-state index contributed by atoms with van der Waals surface area (Å²) in [5.74, 6) is 1.65. The SMILES string of the molecule is O=C[C@H](c1ccc(Cl)cc1)N1CC[C@@H](C(=O)N2CCC(c3ccc4c(n3)NCCC4)CC2)C1. The van der Waals surface area contributed by atoms with Crippen molar-refractivity contribution in [3.05, 3.63) is 58.2 Å². The first-order chi connectivity index (χ1) is 16.1. The Kier molecular flexibility index (Phi) is 6.65. The van der Waals surface area contributed by atoms with Crippen LogP contribution in [0.2, 0.25) is 5.02 Å². The molecular weight excluding hydrogens is 436 g/mol. The molecular formula is C26H31ClN4O2. The molecule has 2 atom stereocenters. The third kappa shape index (κ3) is 4.78. The maximum Gasteiger partial charge on any atom is 0.227 e. The molecule has 3 aliphatic heterocycles. The highest BCUT2D eigenvalue weighted by Gasteiger charge is 2.36. The molecule has 0 bridgehead atoms. The zero-order chi connectivity index (χ0) is 22.8. The third-order valence-electron chi connectivity index (χ3n) is 7.44. The number of pyridine rings is 1.